The fourth-order valence-electron chi connectivity index (χ4n) is 3.44. The fourth-order valence-corrected chi connectivity index (χ4v) is 6.21. The molecule has 0 aromatic heterocycles. The van der Waals surface area contributed by atoms with Gasteiger partial charge in [-0.05, 0) is 13.0 Å². The summed E-state index contributed by atoms with van der Waals surface area (Å²) in [4.78, 5) is 12.5. The third-order valence-corrected chi connectivity index (χ3v) is 8.41. The fraction of sp³-hybridized carbons (Fsp3) is 0.480. The second-order valence-electron chi connectivity index (χ2n) is 7.98. The van der Waals surface area contributed by atoms with Gasteiger partial charge in [0, 0.05) is 6.54 Å². The van der Waals surface area contributed by atoms with Crippen molar-refractivity contribution in [3.63, 3.8) is 0 Å². The predicted octanol–water partition coefficient (Wildman–Crippen LogP) is 1.34. The standard InChI is InChI=1S/C25H34BINO3/c1-3-5-15-27-16-7-8-20-9-12-22(13-10-20)26-30-24-18-21(19-28-17-6-4-2)11-14-23(24)25(29)31-26/h9-14,18,28H,3-8,15-17,19H2,1-2H3/q-1. The van der Waals surface area contributed by atoms with Crippen molar-refractivity contribution in [2.75, 3.05) is 15.4 Å². The van der Waals surface area contributed by atoms with E-state index in [0.717, 1.165) is 37.0 Å². The average molecular weight is 534 g/mol. The van der Waals surface area contributed by atoms with Gasteiger partial charge in [-0.3, -0.25) is 0 Å². The van der Waals surface area contributed by atoms with Crippen molar-refractivity contribution in [3.8, 4) is 5.75 Å². The summed E-state index contributed by atoms with van der Waals surface area (Å²) >= 11 is 0.381. The van der Waals surface area contributed by atoms with E-state index in [1.165, 1.54) is 40.1 Å². The molecule has 1 heterocycles. The number of benzene rings is 2. The molecular formula is C25H34BINO3-. The van der Waals surface area contributed by atoms with E-state index in [4.69, 9.17) is 9.31 Å². The summed E-state index contributed by atoms with van der Waals surface area (Å²) in [5.74, 6) is 0.285. The van der Waals surface area contributed by atoms with Crippen molar-refractivity contribution in [3.05, 3.63) is 59.2 Å². The Kier molecular flexibility index (Phi) is 10.2. The van der Waals surface area contributed by atoms with Crippen LogP contribution in [0.1, 0.15) is 67.4 Å². The van der Waals surface area contributed by atoms with Gasteiger partial charge in [0.2, 0.25) is 0 Å². The molecule has 0 saturated carbocycles. The van der Waals surface area contributed by atoms with Crippen LogP contribution in [0.3, 0.4) is 0 Å². The van der Waals surface area contributed by atoms with E-state index in [1.807, 2.05) is 24.3 Å². The Morgan fingerprint density at radius 1 is 0.903 bits per heavy atom. The number of hydrogen-bond donors (Lipinski definition) is 1. The summed E-state index contributed by atoms with van der Waals surface area (Å²) in [7, 11) is -0.683. The van der Waals surface area contributed by atoms with Crippen LogP contribution in [0, 0.1) is 0 Å². The van der Waals surface area contributed by atoms with Crippen LogP contribution in [-0.2, 0) is 17.6 Å². The summed E-state index contributed by atoms with van der Waals surface area (Å²) in [5, 5.41) is 3.43. The van der Waals surface area contributed by atoms with Crippen molar-refractivity contribution in [2.24, 2.45) is 0 Å². The monoisotopic (exact) mass is 534 g/mol. The Morgan fingerprint density at radius 3 is 2.42 bits per heavy atom. The first-order chi connectivity index (χ1) is 15.2. The van der Waals surface area contributed by atoms with Gasteiger partial charge in [-0.25, -0.2) is 0 Å². The number of halogens is 1. The van der Waals surface area contributed by atoms with Crippen LogP contribution in [0.2, 0.25) is 0 Å². The molecule has 168 valence electrons. The molecule has 1 aliphatic rings. The van der Waals surface area contributed by atoms with Crippen LogP contribution in [0.5, 0.6) is 5.75 Å². The van der Waals surface area contributed by atoms with Gasteiger partial charge in [0.15, 0.2) is 0 Å². The van der Waals surface area contributed by atoms with E-state index in [2.05, 4.69) is 31.3 Å². The van der Waals surface area contributed by atoms with Crippen molar-refractivity contribution in [1.82, 2.24) is 5.32 Å². The average Bonchev–Trinajstić information content (AvgIpc) is 2.79. The molecule has 2 aromatic carbocycles. The SMILES string of the molecule is CCCCNCc1ccc2c(c1)OB(c1ccc(CCC[I-]CCCC)cc1)OC2=O. The zero-order valence-electron chi connectivity index (χ0n) is 18.8. The summed E-state index contributed by atoms with van der Waals surface area (Å²) < 4.78 is 14.5. The molecule has 6 heteroatoms. The van der Waals surface area contributed by atoms with Gasteiger partial charge in [0.25, 0.3) is 0 Å². The van der Waals surface area contributed by atoms with E-state index in [0.29, 0.717) is 32.5 Å². The van der Waals surface area contributed by atoms with Crippen molar-refractivity contribution < 1.29 is 35.3 Å². The number of alkyl halides is 2. The van der Waals surface area contributed by atoms with Crippen molar-refractivity contribution >= 4 is 18.6 Å². The summed E-state index contributed by atoms with van der Waals surface area (Å²) in [6.45, 7) is 6.21. The number of rotatable bonds is 13. The molecule has 0 saturated heterocycles. The van der Waals surface area contributed by atoms with Crippen LogP contribution in [0.15, 0.2) is 42.5 Å². The molecule has 1 aliphatic heterocycles. The van der Waals surface area contributed by atoms with E-state index < -0.39 is 7.12 Å². The van der Waals surface area contributed by atoms with Gasteiger partial charge in [-0.15, -0.1) is 0 Å². The minimum atomic E-state index is -0.683. The normalized spacial score (nSPS) is 13.1. The molecule has 4 nitrogen and oxygen atoms in total. The Hall–Kier alpha value is -1.54. The van der Waals surface area contributed by atoms with Gasteiger partial charge in [0.1, 0.15) is 0 Å². The minimum absolute atomic E-state index is 0.322. The van der Waals surface area contributed by atoms with Crippen LogP contribution in [0.4, 0.5) is 0 Å². The van der Waals surface area contributed by atoms with Crippen LogP contribution in [0.25, 0.3) is 0 Å². The van der Waals surface area contributed by atoms with Crippen molar-refractivity contribution in [1.29, 1.82) is 0 Å². The second-order valence-corrected chi connectivity index (χ2v) is 11.2. The van der Waals surface area contributed by atoms with Gasteiger partial charge < -0.3 is 5.32 Å². The molecule has 0 amide bonds. The predicted molar refractivity (Wildman–Crippen MR) is 124 cm³/mol. The number of fused-ring (bicyclic) bond motifs is 1. The zero-order chi connectivity index (χ0) is 21.9. The third-order valence-electron chi connectivity index (χ3n) is 5.36. The first-order valence-electron chi connectivity index (χ1n) is 11.5. The Balaban J connectivity index is 1.55. The van der Waals surface area contributed by atoms with Gasteiger partial charge >= 0.3 is 154 Å². The van der Waals surface area contributed by atoms with Crippen LogP contribution in [-0.4, -0.2) is 28.5 Å². The molecule has 31 heavy (non-hydrogen) atoms. The molecule has 0 bridgehead atoms. The number of aryl methyl sites for hydroxylation is 1. The van der Waals surface area contributed by atoms with Crippen LogP contribution < -0.4 is 36.6 Å². The summed E-state index contributed by atoms with van der Waals surface area (Å²) in [6, 6.07) is 14.1. The quantitative estimate of drug-likeness (QED) is 0.183. The maximum absolute atomic E-state index is 12.5. The Labute approximate surface area is 197 Å². The van der Waals surface area contributed by atoms with E-state index in [-0.39, 0.29) is 5.97 Å². The van der Waals surface area contributed by atoms with E-state index >= 15 is 0 Å². The molecule has 3 rings (SSSR count). The molecule has 0 atom stereocenters. The number of nitrogens with one attached hydrogen (secondary N) is 1. The van der Waals surface area contributed by atoms with Crippen LogP contribution >= 0.6 is 0 Å². The number of hydrogen-bond acceptors (Lipinski definition) is 4. The summed E-state index contributed by atoms with van der Waals surface area (Å²) in [5.41, 5.74) is 3.83. The van der Waals surface area contributed by atoms with E-state index in [9.17, 15) is 4.79 Å². The zero-order valence-corrected chi connectivity index (χ0v) is 21.0. The maximum atomic E-state index is 12.5. The number of unbranched alkanes of at least 4 members (excludes halogenated alkanes) is 2. The van der Waals surface area contributed by atoms with E-state index in [1.54, 1.807) is 6.07 Å². The number of carbonyl (C=O) groups is 1. The molecule has 0 unspecified atom stereocenters. The topological polar surface area (TPSA) is 47.6 Å². The van der Waals surface area contributed by atoms with Gasteiger partial charge in [-0.1, -0.05) is 19.4 Å². The second kappa shape index (κ2) is 13.1. The molecular weight excluding hydrogens is 500 g/mol. The molecule has 2 aromatic rings. The first-order valence-corrected chi connectivity index (χ1v) is 14.6. The van der Waals surface area contributed by atoms with Gasteiger partial charge in [0.05, 0.1) is 0 Å². The van der Waals surface area contributed by atoms with Gasteiger partial charge in [-0.2, -0.15) is 0 Å². The van der Waals surface area contributed by atoms with Crippen molar-refractivity contribution in [2.45, 2.75) is 58.9 Å². The third kappa shape index (κ3) is 7.53. The Bertz CT molecular complexity index is 828. The Morgan fingerprint density at radius 2 is 1.65 bits per heavy atom. The summed E-state index contributed by atoms with van der Waals surface area (Å²) in [6.07, 6.45) is 7.43. The molecule has 0 radical (unpaired) electrons. The number of carbonyl (C=O) groups excluding carboxylic acids is 1. The molecule has 0 fully saturated rings. The molecule has 0 aliphatic carbocycles. The first kappa shape index (κ1) is 24.1. The molecule has 1 N–H and O–H groups in total. The molecule has 0 spiro atoms.